The fraction of sp³-hybridized carbons (Fsp3) is 0.368. The summed E-state index contributed by atoms with van der Waals surface area (Å²) in [6.45, 7) is 1.90. The average Bonchev–Trinajstić information content (AvgIpc) is 3.34. The van der Waals surface area contributed by atoms with Gasteiger partial charge in [-0.1, -0.05) is 12.1 Å². The fourth-order valence-electron chi connectivity index (χ4n) is 3.76. The van der Waals surface area contributed by atoms with Gasteiger partial charge in [-0.15, -0.1) is 0 Å². The molecule has 6 nitrogen and oxygen atoms in total. The monoisotopic (exact) mass is 339 g/mol. The molecule has 1 saturated carbocycles. The molecule has 0 spiro atoms. The van der Waals surface area contributed by atoms with Gasteiger partial charge in [-0.2, -0.15) is 0 Å². The highest BCUT2D eigenvalue weighted by molar-refractivity contribution is 6.00. The summed E-state index contributed by atoms with van der Waals surface area (Å²) in [5.74, 6) is 0.820. The second-order valence-electron chi connectivity index (χ2n) is 6.48. The topological polar surface area (TPSA) is 69.3 Å². The molecule has 0 radical (unpaired) electrons. The van der Waals surface area contributed by atoms with E-state index in [1.165, 1.54) is 0 Å². The lowest BCUT2D eigenvalue weighted by Gasteiger charge is -2.21. The Morgan fingerprint density at radius 2 is 2.28 bits per heavy atom. The minimum absolute atomic E-state index is 0.0798. The maximum atomic E-state index is 12.8. The van der Waals surface area contributed by atoms with Crippen LogP contribution in [0.25, 0.3) is 11.0 Å². The molecule has 1 aliphatic rings. The first-order valence-corrected chi connectivity index (χ1v) is 8.53. The van der Waals surface area contributed by atoms with Crippen molar-refractivity contribution in [3.63, 3.8) is 0 Å². The van der Waals surface area contributed by atoms with Gasteiger partial charge >= 0.3 is 0 Å². The van der Waals surface area contributed by atoms with Crippen molar-refractivity contribution >= 4 is 16.9 Å². The molecule has 4 rings (SSSR count). The third-order valence-corrected chi connectivity index (χ3v) is 5.06. The van der Waals surface area contributed by atoms with Crippen molar-refractivity contribution in [3.05, 3.63) is 48.2 Å². The summed E-state index contributed by atoms with van der Waals surface area (Å²) < 4.78 is 13.3. The molecule has 0 aliphatic heterocycles. The smallest absolute Gasteiger partial charge is 0.287 e. The Morgan fingerprint density at radius 1 is 1.40 bits per heavy atom. The number of carbonyl (C=O) groups excluding carboxylic acids is 1. The Bertz CT molecular complexity index is 898. The normalized spacial score (nSPS) is 20.1. The van der Waals surface area contributed by atoms with E-state index < -0.39 is 0 Å². The number of nitrogens with one attached hydrogen (secondary N) is 1. The molecule has 0 bridgehead atoms. The van der Waals surface area contributed by atoms with Gasteiger partial charge in [0.05, 0.1) is 25.5 Å². The zero-order valence-corrected chi connectivity index (χ0v) is 14.4. The molecule has 3 aromatic rings. The van der Waals surface area contributed by atoms with Crippen LogP contribution in [-0.4, -0.2) is 28.6 Å². The molecule has 2 atom stereocenters. The number of amides is 1. The number of hydrogen-bond acceptors (Lipinski definition) is 4. The summed E-state index contributed by atoms with van der Waals surface area (Å²) >= 11 is 0. The Kier molecular flexibility index (Phi) is 3.95. The van der Waals surface area contributed by atoms with Gasteiger partial charge in [-0.05, 0) is 32.3 Å². The molecule has 2 unspecified atom stereocenters. The number of fused-ring (bicyclic) bond motifs is 1. The lowest BCUT2D eigenvalue weighted by molar-refractivity contribution is 0.0902. The third-order valence-electron chi connectivity index (χ3n) is 5.06. The lowest BCUT2D eigenvalue weighted by atomic mass is 10.1. The highest BCUT2D eigenvalue weighted by Crippen LogP contribution is 2.33. The van der Waals surface area contributed by atoms with Crippen LogP contribution in [0.1, 0.15) is 41.4 Å². The number of ether oxygens (including phenoxy) is 1. The molecule has 6 heteroatoms. The number of imidazole rings is 1. The minimum atomic E-state index is -0.173. The summed E-state index contributed by atoms with van der Waals surface area (Å²) in [6, 6.07) is 6.00. The van der Waals surface area contributed by atoms with E-state index in [0.717, 1.165) is 30.2 Å². The largest absolute Gasteiger partial charge is 0.493 e. The van der Waals surface area contributed by atoms with Crippen molar-refractivity contribution in [1.29, 1.82) is 0 Å². The van der Waals surface area contributed by atoms with E-state index in [2.05, 4.69) is 14.9 Å². The van der Waals surface area contributed by atoms with Crippen molar-refractivity contribution in [2.75, 3.05) is 7.11 Å². The van der Waals surface area contributed by atoms with Gasteiger partial charge in [0.25, 0.3) is 5.91 Å². The van der Waals surface area contributed by atoms with Crippen LogP contribution in [0.4, 0.5) is 0 Å². The summed E-state index contributed by atoms with van der Waals surface area (Å²) in [5.41, 5.74) is 1.45. The molecule has 0 saturated heterocycles. The highest BCUT2D eigenvalue weighted by Gasteiger charge is 2.31. The van der Waals surface area contributed by atoms with Gasteiger partial charge in [-0.3, -0.25) is 4.79 Å². The van der Waals surface area contributed by atoms with E-state index in [0.29, 0.717) is 17.1 Å². The number of para-hydroxylation sites is 1. The van der Waals surface area contributed by atoms with Crippen LogP contribution < -0.4 is 10.1 Å². The van der Waals surface area contributed by atoms with Crippen LogP contribution in [0.5, 0.6) is 5.75 Å². The van der Waals surface area contributed by atoms with E-state index in [-0.39, 0.29) is 18.0 Å². The van der Waals surface area contributed by atoms with Gasteiger partial charge in [0, 0.05) is 23.3 Å². The molecular formula is C19H21N3O3. The number of hydrogen-bond donors (Lipinski definition) is 1. The number of aromatic nitrogens is 2. The Labute approximate surface area is 145 Å². The number of rotatable bonds is 4. The highest BCUT2D eigenvalue weighted by atomic mass is 16.5. The quantitative estimate of drug-likeness (QED) is 0.790. The summed E-state index contributed by atoms with van der Waals surface area (Å²) in [4.78, 5) is 17.0. The Morgan fingerprint density at radius 3 is 3.04 bits per heavy atom. The Hall–Kier alpha value is -2.76. The standard InChI is InChI=1S/C19H21N3O3/c1-12-13-5-3-8-16(24-2)18(13)25-17(12)19(23)21-14-6-4-7-15(14)22-10-9-20-11-22/h3,5,8-11,14-15H,4,6-7H2,1-2H3,(H,21,23). The molecular weight excluding hydrogens is 318 g/mol. The molecule has 2 aromatic heterocycles. The zero-order valence-electron chi connectivity index (χ0n) is 14.4. The maximum Gasteiger partial charge on any atom is 0.287 e. The predicted octanol–water partition coefficient (Wildman–Crippen LogP) is 3.47. The first kappa shape index (κ1) is 15.7. The lowest BCUT2D eigenvalue weighted by Crippen LogP contribution is -2.38. The van der Waals surface area contributed by atoms with Crippen LogP contribution in [0, 0.1) is 6.92 Å². The van der Waals surface area contributed by atoms with Crippen LogP contribution in [-0.2, 0) is 0 Å². The zero-order chi connectivity index (χ0) is 17.4. The van der Waals surface area contributed by atoms with E-state index >= 15 is 0 Å². The molecule has 130 valence electrons. The van der Waals surface area contributed by atoms with Crippen molar-refractivity contribution in [2.45, 2.75) is 38.3 Å². The van der Waals surface area contributed by atoms with Gasteiger partial charge in [0.2, 0.25) is 0 Å². The molecule has 1 N–H and O–H groups in total. The minimum Gasteiger partial charge on any atom is -0.493 e. The van der Waals surface area contributed by atoms with Crippen LogP contribution >= 0.6 is 0 Å². The number of furan rings is 1. The van der Waals surface area contributed by atoms with Crippen LogP contribution in [0.15, 0.2) is 41.3 Å². The van der Waals surface area contributed by atoms with E-state index in [1.807, 2.05) is 37.6 Å². The predicted molar refractivity (Wildman–Crippen MR) is 93.9 cm³/mol. The number of carbonyl (C=O) groups is 1. The molecule has 1 amide bonds. The fourth-order valence-corrected chi connectivity index (χ4v) is 3.76. The maximum absolute atomic E-state index is 12.8. The van der Waals surface area contributed by atoms with Crippen molar-refractivity contribution in [1.82, 2.24) is 14.9 Å². The van der Waals surface area contributed by atoms with Crippen LogP contribution in [0.3, 0.4) is 0 Å². The van der Waals surface area contributed by atoms with Gasteiger partial charge in [-0.25, -0.2) is 4.98 Å². The second-order valence-corrected chi connectivity index (χ2v) is 6.48. The van der Waals surface area contributed by atoms with Crippen molar-refractivity contribution < 1.29 is 13.9 Å². The van der Waals surface area contributed by atoms with Crippen LogP contribution in [0.2, 0.25) is 0 Å². The summed E-state index contributed by atoms with van der Waals surface area (Å²) in [7, 11) is 1.60. The molecule has 1 fully saturated rings. The summed E-state index contributed by atoms with van der Waals surface area (Å²) in [5, 5.41) is 4.06. The van der Waals surface area contributed by atoms with Gasteiger partial charge in [0.15, 0.2) is 17.1 Å². The summed E-state index contributed by atoms with van der Waals surface area (Å²) in [6.07, 6.45) is 8.61. The first-order chi connectivity index (χ1) is 12.2. The van der Waals surface area contributed by atoms with E-state index in [4.69, 9.17) is 9.15 Å². The third kappa shape index (κ3) is 2.67. The van der Waals surface area contributed by atoms with Crippen molar-refractivity contribution in [3.8, 4) is 5.75 Å². The van der Waals surface area contributed by atoms with Gasteiger partial charge < -0.3 is 19.0 Å². The van der Waals surface area contributed by atoms with Gasteiger partial charge in [0.1, 0.15) is 0 Å². The second kappa shape index (κ2) is 6.27. The molecule has 25 heavy (non-hydrogen) atoms. The number of aryl methyl sites for hydroxylation is 1. The molecule has 2 heterocycles. The Balaban J connectivity index is 1.61. The molecule has 1 aromatic carbocycles. The SMILES string of the molecule is COc1cccc2c(C)c(C(=O)NC3CCCC3n3ccnc3)oc12. The first-order valence-electron chi connectivity index (χ1n) is 8.53. The van der Waals surface area contributed by atoms with E-state index in [1.54, 1.807) is 13.3 Å². The van der Waals surface area contributed by atoms with E-state index in [9.17, 15) is 4.79 Å². The molecule has 1 aliphatic carbocycles. The average molecular weight is 339 g/mol. The number of benzene rings is 1. The van der Waals surface area contributed by atoms with Crippen molar-refractivity contribution in [2.24, 2.45) is 0 Å². The number of nitrogens with zero attached hydrogens (tertiary/aromatic N) is 2. The number of methoxy groups -OCH3 is 1.